The quantitative estimate of drug-likeness (QED) is 0.688. The van der Waals surface area contributed by atoms with Crippen molar-refractivity contribution in [1.82, 2.24) is 4.31 Å². The summed E-state index contributed by atoms with van der Waals surface area (Å²) in [4.78, 5) is 11.2. The molecule has 0 aromatic heterocycles. The van der Waals surface area contributed by atoms with Crippen LogP contribution in [-0.4, -0.2) is 56.4 Å². The van der Waals surface area contributed by atoms with Gasteiger partial charge in [0, 0.05) is 26.8 Å². The van der Waals surface area contributed by atoms with Crippen molar-refractivity contribution in [2.45, 2.75) is 26.2 Å². The minimum atomic E-state index is -3.36. The van der Waals surface area contributed by atoms with Crippen LogP contribution in [0.4, 0.5) is 0 Å². The van der Waals surface area contributed by atoms with Crippen molar-refractivity contribution in [3.05, 3.63) is 0 Å². The SMILES string of the molecule is CCC1(C(=O)O)CCN(S(=O)(=O)CCCOC)C1. The Labute approximate surface area is 108 Å². The molecule has 0 aromatic carbocycles. The Balaban J connectivity index is 2.68. The molecule has 0 amide bonds. The van der Waals surface area contributed by atoms with Gasteiger partial charge in [0.1, 0.15) is 0 Å². The molecule has 1 rings (SSSR count). The topological polar surface area (TPSA) is 83.9 Å². The molecule has 0 aromatic rings. The molecule has 1 aliphatic heterocycles. The van der Waals surface area contributed by atoms with E-state index in [4.69, 9.17) is 4.74 Å². The van der Waals surface area contributed by atoms with E-state index in [1.54, 1.807) is 6.92 Å². The van der Waals surface area contributed by atoms with Crippen molar-refractivity contribution < 1.29 is 23.1 Å². The molecule has 0 spiro atoms. The molecule has 0 radical (unpaired) electrons. The van der Waals surface area contributed by atoms with Crippen LogP contribution < -0.4 is 0 Å². The number of carboxylic acid groups (broad SMARTS) is 1. The monoisotopic (exact) mass is 279 g/mol. The lowest BCUT2D eigenvalue weighted by molar-refractivity contribution is -0.148. The van der Waals surface area contributed by atoms with Crippen LogP contribution in [-0.2, 0) is 19.6 Å². The minimum Gasteiger partial charge on any atom is -0.481 e. The summed E-state index contributed by atoms with van der Waals surface area (Å²) in [5, 5.41) is 9.22. The molecule has 1 aliphatic rings. The van der Waals surface area contributed by atoms with Gasteiger partial charge in [-0.05, 0) is 19.3 Å². The van der Waals surface area contributed by atoms with Crippen LogP contribution >= 0.6 is 0 Å². The Bertz CT molecular complexity index is 394. The summed E-state index contributed by atoms with van der Waals surface area (Å²) in [5.74, 6) is -0.889. The maximum absolute atomic E-state index is 12.0. The van der Waals surface area contributed by atoms with Crippen molar-refractivity contribution in [3.63, 3.8) is 0 Å². The van der Waals surface area contributed by atoms with Gasteiger partial charge in [0.15, 0.2) is 0 Å². The van der Waals surface area contributed by atoms with Crippen LogP contribution in [0.5, 0.6) is 0 Å². The van der Waals surface area contributed by atoms with E-state index in [1.165, 1.54) is 11.4 Å². The predicted molar refractivity (Wildman–Crippen MR) is 66.8 cm³/mol. The van der Waals surface area contributed by atoms with Crippen LogP contribution in [0, 0.1) is 5.41 Å². The van der Waals surface area contributed by atoms with E-state index in [9.17, 15) is 18.3 Å². The first-order valence-corrected chi connectivity index (χ1v) is 7.69. The smallest absolute Gasteiger partial charge is 0.311 e. The molecule has 1 unspecified atom stereocenters. The highest BCUT2D eigenvalue weighted by molar-refractivity contribution is 7.89. The normalized spacial score (nSPS) is 25.4. The molecule has 6 nitrogen and oxygen atoms in total. The number of rotatable bonds is 7. The Morgan fingerprint density at radius 2 is 2.17 bits per heavy atom. The molecule has 0 bridgehead atoms. The van der Waals surface area contributed by atoms with Crippen LogP contribution in [0.2, 0.25) is 0 Å². The number of carbonyl (C=O) groups is 1. The summed E-state index contributed by atoms with van der Waals surface area (Å²) >= 11 is 0. The number of aliphatic carboxylic acids is 1. The summed E-state index contributed by atoms with van der Waals surface area (Å²) in [6, 6.07) is 0. The molecule has 1 fully saturated rings. The van der Waals surface area contributed by atoms with Crippen molar-refractivity contribution in [2.75, 3.05) is 32.6 Å². The Morgan fingerprint density at radius 1 is 1.50 bits per heavy atom. The maximum Gasteiger partial charge on any atom is 0.311 e. The lowest BCUT2D eigenvalue weighted by Gasteiger charge is -2.22. The molecule has 106 valence electrons. The third-order valence-corrected chi connectivity index (χ3v) is 5.50. The fourth-order valence-corrected chi connectivity index (χ4v) is 3.76. The lowest BCUT2D eigenvalue weighted by Crippen LogP contribution is -2.37. The van der Waals surface area contributed by atoms with Gasteiger partial charge < -0.3 is 9.84 Å². The molecule has 18 heavy (non-hydrogen) atoms. The highest BCUT2D eigenvalue weighted by Crippen LogP contribution is 2.35. The summed E-state index contributed by atoms with van der Waals surface area (Å²) < 4.78 is 30.2. The largest absolute Gasteiger partial charge is 0.481 e. The lowest BCUT2D eigenvalue weighted by atomic mass is 9.85. The van der Waals surface area contributed by atoms with Crippen molar-refractivity contribution in [2.24, 2.45) is 5.41 Å². The van der Waals surface area contributed by atoms with E-state index in [0.29, 0.717) is 32.4 Å². The second kappa shape index (κ2) is 5.99. The van der Waals surface area contributed by atoms with Crippen molar-refractivity contribution >= 4 is 16.0 Å². The number of carboxylic acids is 1. The molecule has 1 N–H and O–H groups in total. The number of nitrogens with zero attached hydrogens (tertiary/aromatic N) is 1. The van der Waals surface area contributed by atoms with Crippen LogP contribution in [0.25, 0.3) is 0 Å². The third-order valence-electron chi connectivity index (χ3n) is 3.59. The Hall–Kier alpha value is -0.660. The van der Waals surface area contributed by atoms with Gasteiger partial charge in [-0.25, -0.2) is 12.7 Å². The van der Waals surface area contributed by atoms with Gasteiger partial charge in [-0.1, -0.05) is 6.92 Å². The fourth-order valence-electron chi connectivity index (χ4n) is 2.20. The van der Waals surface area contributed by atoms with Crippen LogP contribution in [0.15, 0.2) is 0 Å². The van der Waals surface area contributed by atoms with E-state index >= 15 is 0 Å². The zero-order valence-electron chi connectivity index (χ0n) is 10.9. The van der Waals surface area contributed by atoms with E-state index in [2.05, 4.69) is 0 Å². The zero-order chi connectivity index (χ0) is 13.8. The molecular formula is C11H21NO5S. The average molecular weight is 279 g/mol. The van der Waals surface area contributed by atoms with E-state index in [1.807, 2.05) is 0 Å². The van der Waals surface area contributed by atoms with Gasteiger partial charge in [-0.2, -0.15) is 0 Å². The van der Waals surface area contributed by atoms with Crippen LogP contribution in [0.3, 0.4) is 0 Å². The minimum absolute atomic E-state index is 0.0141. The molecule has 0 aliphatic carbocycles. The van der Waals surface area contributed by atoms with Gasteiger partial charge >= 0.3 is 5.97 Å². The standard InChI is InChI=1S/C11H21NO5S/c1-3-11(10(13)14)5-6-12(9-11)18(15,16)8-4-7-17-2/h3-9H2,1-2H3,(H,13,14). The zero-order valence-corrected chi connectivity index (χ0v) is 11.7. The van der Waals surface area contributed by atoms with Gasteiger partial charge in [-0.3, -0.25) is 4.79 Å². The first kappa shape index (κ1) is 15.4. The fraction of sp³-hybridized carbons (Fsp3) is 0.909. The Kier molecular flexibility index (Phi) is 5.12. The molecule has 1 saturated heterocycles. The summed E-state index contributed by atoms with van der Waals surface area (Å²) in [7, 11) is -1.83. The molecular weight excluding hydrogens is 258 g/mol. The van der Waals surface area contributed by atoms with Gasteiger partial charge in [0.2, 0.25) is 10.0 Å². The number of hydrogen-bond acceptors (Lipinski definition) is 4. The van der Waals surface area contributed by atoms with Gasteiger partial charge in [-0.15, -0.1) is 0 Å². The summed E-state index contributed by atoms with van der Waals surface area (Å²) in [6.45, 7) is 2.57. The molecule has 1 heterocycles. The Morgan fingerprint density at radius 3 is 2.61 bits per heavy atom. The van der Waals surface area contributed by atoms with E-state index in [0.717, 1.165) is 0 Å². The first-order chi connectivity index (χ1) is 8.38. The second-order valence-electron chi connectivity index (χ2n) is 4.68. The number of hydrogen-bond donors (Lipinski definition) is 1. The van der Waals surface area contributed by atoms with Gasteiger partial charge in [0.25, 0.3) is 0 Å². The summed E-state index contributed by atoms with van der Waals surface area (Å²) in [5.41, 5.74) is -0.908. The first-order valence-electron chi connectivity index (χ1n) is 6.08. The second-order valence-corrected chi connectivity index (χ2v) is 6.77. The molecule has 1 atom stereocenters. The highest BCUT2D eigenvalue weighted by atomic mass is 32.2. The average Bonchev–Trinajstić information content (AvgIpc) is 2.75. The number of sulfonamides is 1. The number of methoxy groups -OCH3 is 1. The van der Waals surface area contributed by atoms with E-state index < -0.39 is 21.4 Å². The summed E-state index contributed by atoms with van der Waals surface area (Å²) in [6.07, 6.45) is 1.27. The van der Waals surface area contributed by atoms with Gasteiger partial charge in [0.05, 0.1) is 11.2 Å². The molecule has 0 saturated carbocycles. The third kappa shape index (κ3) is 3.21. The van der Waals surface area contributed by atoms with Crippen LogP contribution in [0.1, 0.15) is 26.2 Å². The maximum atomic E-state index is 12.0. The highest BCUT2D eigenvalue weighted by Gasteiger charge is 2.46. The van der Waals surface area contributed by atoms with Crippen molar-refractivity contribution in [3.8, 4) is 0 Å². The predicted octanol–water partition coefficient (Wildman–Crippen LogP) is 0.539. The molecule has 7 heteroatoms. The van der Waals surface area contributed by atoms with E-state index in [-0.39, 0.29) is 12.3 Å². The van der Waals surface area contributed by atoms with Crippen molar-refractivity contribution in [1.29, 1.82) is 0 Å². The number of ether oxygens (including phenoxy) is 1.